The minimum Gasteiger partial charge on any atom is -0.483 e. The Morgan fingerprint density at radius 1 is 0.784 bits per heavy atom. The smallest absolute Gasteiger partial charge is 0.339 e. The van der Waals surface area contributed by atoms with Crippen LogP contribution < -0.4 is 5.73 Å². The third kappa shape index (κ3) is 7.94. The molecule has 0 atom stereocenters. The van der Waals surface area contributed by atoms with E-state index in [1.807, 2.05) is 78.8 Å². The number of anilines is 1. The van der Waals surface area contributed by atoms with Gasteiger partial charge in [-0.3, -0.25) is 4.79 Å². The SMILES string of the molecule is CC.CC.Cc1cc(C)c(-c2c(C)c(C)c(C(=O)OCc3ccccc3)c(C)c2C)c(C)c1N.O=CO. The topological polar surface area (TPSA) is 89.6 Å². The second-order valence-corrected chi connectivity index (χ2v) is 8.34. The van der Waals surface area contributed by atoms with Crippen LogP contribution in [-0.2, 0) is 16.1 Å². The first-order chi connectivity index (χ1) is 17.6. The van der Waals surface area contributed by atoms with E-state index in [0.717, 1.165) is 44.6 Å². The summed E-state index contributed by atoms with van der Waals surface area (Å²) >= 11 is 0. The molecule has 0 unspecified atom stereocenters. The zero-order valence-corrected chi connectivity index (χ0v) is 24.5. The van der Waals surface area contributed by atoms with E-state index in [0.29, 0.717) is 5.56 Å². The van der Waals surface area contributed by atoms with Crippen molar-refractivity contribution in [2.45, 2.75) is 82.8 Å². The van der Waals surface area contributed by atoms with Crippen molar-refractivity contribution in [2.24, 2.45) is 0 Å². The van der Waals surface area contributed by atoms with E-state index in [9.17, 15) is 4.79 Å². The van der Waals surface area contributed by atoms with Crippen molar-refractivity contribution in [3.8, 4) is 11.1 Å². The first-order valence-corrected chi connectivity index (χ1v) is 12.8. The minimum absolute atomic E-state index is 0.250. The number of hydrogen-bond acceptors (Lipinski definition) is 4. The Kier molecular flexibility index (Phi) is 14.6. The highest BCUT2D eigenvalue weighted by molar-refractivity contribution is 5.96. The molecule has 3 N–H and O–H groups in total. The lowest BCUT2D eigenvalue weighted by Crippen LogP contribution is -2.13. The lowest BCUT2D eigenvalue weighted by molar-refractivity contribution is -0.122. The number of aryl methyl sites for hydroxylation is 2. The molecule has 0 amide bonds. The molecule has 3 rings (SSSR count). The Bertz CT molecular complexity index is 1150. The summed E-state index contributed by atoms with van der Waals surface area (Å²) in [6, 6.07) is 11.9. The number of nitrogen functional groups attached to an aromatic ring is 1. The van der Waals surface area contributed by atoms with Gasteiger partial charge in [0.05, 0.1) is 5.56 Å². The van der Waals surface area contributed by atoms with Crippen LogP contribution in [0.15, 0.2) is 36.4 Å². The Labute approximate surface area is 223 Å². The highest BCUT2D eigenvalue weighted by Gasteiger charge is 2.24. The molecule has 0 aromatic heterocycles. The molecule has 0 saturated heterocycles. The number of carbonyl (C=O) groups excluding carboxylic acids is 1. The van der Waals surface area contributed by atoms with E-state index in [2.05, 4.69) is 33.8 Å². The van der Waals surface area contributed by atoms with Gasteiger partial charge in [-0.2, -0.15) is 0 Å². The second-order valence-electron chi connectivity index (χ2n) is 8.34. The monoisotopic (exact) mass is 507 g/mol. The molecule has 5 nitrogen and oxygen atoms in total. The second kappa shape index (κ2) is 16.2. The number of carboxylic acid groups (broad SMARTS) is 1. The Morgan fingerprint density at radius 2 is 1.24 bits per heavy atom. The van der Waals surface area contributed by atoms with Gasteiger partial charge in [0.15, 0.2) is 0 Å². The van der Waals surface area contributed by atoms with Gasteiger partial charge >= 0.3 is 5.97 Å². The molecule has 0 aliphatic rings. The van der Waals surface area contributed by atoms with Crippen LogP contribution in [0.3, 0.4) is 0 Å². The molecule has 0 radical (unpaired) electrons. The van der Waals surface area contributed by atoms with Crippen LogP contribution in [0.1, 0.15) is 82.6 Å². The van der Waals surface area contributed by atoms with Crippen molar-refractivity contribution >= 4 is 18.1 Å². The highest BCUT2D eigenvalue weighted by atomic mass is 16.5. The summed E-state index contributed by atoms with van der Waals surface area (Å²) in [5.74, 6) is -0.275. The molecular weight excluding hydrogens is 462 g/mol. The number of benzene rings is 3. The van der Waals surface area contributed by atoms with Crippen LogP contribution in [0, 0.1) is 48.5 Å². The van der Waals surface area contributed by atoms with Crippen LogP contribution in [-0.4, -0.2) is 17.5 Å². The summed E-state index contributed by atoms with van der Waals surface area (Å²) in [5.41, 5.74) is 18.7. The number of esters is 1. The summed E-state index contributed by atoms with van der Waals surface area (Å²) in [6.07, 6.45) is 0. The Hall–Kier alpha value is -3.60. The fourth-order valence-corrected chi connectivity index (χ4v) is 4.37. The molecule has 0 saturated carbocycles. The maximum Gasteiger partial charge on any atom is 0.339 e. The van der Waals surface area contributed by atoms with Gasteiger partial charge < -0.3 is 15.6 Å². The standard InChI is InChI=1S/C27H31NO2.2C2H6.CH2O2/c1-15-13-16(2)26(28)21(7)23(15)24-17(3)19(5)25(20(6)18(24)4)27(29)30-14-22-11-9-8-10-12-22;2*1-2;2-1-3/h8-13H,14,28H2,1-7H3;2*1-2H3;1H,(H,2,3). The minimum atomic E-state index is -0.275. The summed E-state index contributed by atoms with van der Waals surface area (Å²) in [6.45, 7) is 22.4. The first kappa shape index (κ1) is 33.4. The van der Waals surface area contributed by atoms with E-state index < -0.39 is 0 Å². The molecular formula is C32H45NO4. The number of hydrogen-bond donors (Lipinski definition) is 2. The molecule has 0 spiro atoms. The lowest BCUT2D eigenvalue weighted by atomic mass is 9.82. The maximum absolute atomic E-state index is 13.0. The van der Waals surface area contributed by atoms with Gasteiger partial charge in [0.25, 0.3) is 6.47 Å². The van der Waals surface area contributed by atoms with Crippen LogP contribution in [0.5, 0.6) is 0 Å². The van der Waals surface area contributed by atoms with Crippen molar-refractivity contribution in [1.82, 2.24) is 0 Å². The van der Waals surface area contributed by atoms with E-state index in [1.54, 1.807) is 0 Å². The van der Waals surface area contributed by atoms with Crippen LogP contribution in [0.2, 0.25) is 0 Å². The van der Waals surface area contributed by atoms with Gasteiger partial charge in [-0.15, -0.1) is 0 Å². The van der Waals surface area contributed by atoms with Gasteiger partial charge in [0.2, 0.25) is 0 Å². The van der Waals surface area contributed by atoms with Crippen molar-refractivity contribution in [3.63, 3.8) is 0 Å². The largest absolute Gasteiger partial charge is 0.483 e. The molecule has 0 aliphatic carbocycles. The Morgan fingerprint density at radius 3 is 1.70 bits per heavy atom. The predicted molar refractivity (Wildman–Crippen MR) is 156 cm³/mol. The maximum atomic E-state index is 13.0. The molecule has 3 aromatic carbocycles. The number of ether oxygens (including phenoxy) is 1. The van der Waals surface area contributed by atoms with Crippen LogP contribution in [0.25, 0.3) is 11.1 Å². The number of carbonyl (C=O) groups is 2. The van der Waals surface area contributed by atoms with Crippen molar-refractivity contribution in [1.29, 1.82) is 0 Å². The molecule has 0 fully saturated rings. The summed E-state index contributed by atoms with van der Waals surface area (Å²) in [4.78, 5) is 21.4. The van der Waals surface area contributed by atoms with Crippen LogP contribution >= 0.6 is 0 Å². The van der Waals surface area contributed by atoms with Crippen molar-refractivity contribution < 1.29 is 19.4 Å². The van der Waals surface area contributed by atoms with Crippen molar-refractivity contribution in [2.75, 3.05) is 5.73 Å². The van der Waals surface area contributed by atoms with Gasteiger partial charge in [0, 0.05) is 5.69 Å². The third-order valence-corrected chi connectivity index (χ3v) is 6.32. The molecule has 5 heteroatoms. The van der Waals surface area contributed by atoms with E-state index in [-0.39, 0.29) is 19.0 Å². The average Bonchev–Trinajstić information content (AvgIpc) is 2.90. The lowest BCUT2D eigenvalue weighted by Gasteiger charge is -2.23. The summed E-state index contributed by atoms with van der Waals surface area (Å²) in [5, 5.41) is 6.89. The molecule has 202 valence electrons. The summed E-state index contributed by atoms with van der Waals surface area (Å²) in [7, 11) is 0. The van der Waals surface area contributed by atoms with Crippen LogP contribution in [0.4, 0.5) is 5.69 Å². The van der Waals surface area contributed by atoms with Gasteiger partial charge in [-0.25, -0.2) is 4.79 Å². The molecule has 37 heavy (non-hydrogen) atoms. The highest BCUT2D eigenvalue weighted by Crippen LogP contribution is 2.40. The third-order valence-electron chi connectivity index (χ3n) is 6.32. The molecule has 0 aliphatic heterocycles. The van der Waals surface area contributed by atoms with E-state index >= 15 is 0 Å². The van der Waals surface area contributed by atoms with E-state index in [1.165, 1.54) is 16.7 Å². The number of nitrogens with two attached hydrogens (primary N) is 1. The first-order valence-electron chi connectivity index (χ1n) is 12.8. The number of rotatable bonds is 4. The zero-order chi connectivity index (χ0) is 28.9. The van der Waals surface area contributed by atoms with Gasteiger partial charge in [-0.05, 0) is 104 Å². The zero-order valence-electron chi connectivity index (χ0n) is 24.5. The fourth-order valence-electron chi connectivity index (χ4n) is 4.37. The van der Waals surface area contributed by atoms with Gasteiger partial charge in [-0.1, -0.05) is 64.1 Å². The predicted octanol–water partition coefficient (Wildman–Crippen LogP) is 8.20. The summed E-state index contributed by atoms with van der Waals surface area (Å²) < 4.78 is 5.65. The quantitative estimate of drug-likeness (QED) is 0.211. The van der Waals surface area contributed by atoms with Gasteiger partial charge in [0.1, 0.15) is 6.61 Å². The normalized spacial score (nSPS) is 9.49. The Balaban J connectivity index is 0.00000169. The molecule has 0 bridgehead atoms. The average molecular weight is 508 g/mol. The fraction of sp³-hybridized carbons (Fsp3) is 0.375. The van der Waals surface area contributed by atoms with E-state index in [4.69, 9.17) is 20.4 Å². The van der Waals surface area contributed by atoms with Crippen molar-refractivity contribution in [3.05, 3.63) is 86.5 Å². The molecule has 0 heterocycles. The molecule has 3 aromatic rings.